The summed E-state index contributed by atoms with van der Waals surface area (Å²) >= 11 is 0.661. The van der Waals surface area contributed by atoms with E-state index in [1.165, 1.54) is 0 Å². The van der Waals surface area contributed by atoms with Crippen LogP contribution in [0.2, 0.25) is 0 Å². The first-order valence-corrected chi connectivity index (χ1v) is 6.93. The number of aliphatic hydroxyl groups is 1. The number of hydrogen-bond acceptors (Lipinski definition) is 5. The van der Waals surface area contributed by atoms with Crippen molar-refractivity contribution in [2.75, 3.05) is 11.9 Å². The Morgan fingerprint density at radius 1 is 1.53 bits per heavy atom. The van der Waals surface area contributed by atoms with Crippen molar-refractivity contribution in [1.82, 2.24) is 9.36 Å². The molecule has 0 amide bonds. The van der Waals surface area contributed by atoms with Gasteiger partial charge in [-0.25, -0.2) is 0 Å². The Morgan fingerprint density at radius 2 is 2.26 bits per heavy atom. The van der Waals surface area contributed by atoms with Crippen molar-refractivity contribution in [2.24, 2.45) is 5.92 Å². The van der Waals surface area contributed by atoms with E-state index in [1.54, 1.807) is 0 Å². The number of nitrogens with zero attached hydrogens (tertiary/aromatic N) is 2. The molecule has 2 rings (SSSR count). The lowest BCUT2D eigenvalue weighted by molar-refractivity contribution is -0.144. The second-order valence-corrected chi connectivity index (χ2v) is 5.95. The van der Waals surface area contributed by atoms with Crippen LogP contribution >= 0.6 is 11.5 Å². The van der Waals surface area contributed by atoms with Gasteiger partial charge in [0.15, 0.2) is 0 Å². The molecule has 2 atom stereocenters. The van der Waals surface area contributed by atoms with E-state index in [2.05, 4.69) is 21.6 Å². The number of rotatable bonds is 3. The molecule has 1 fully saturated rings. The van der Waals surface area contributed by atoms with E-state index in [4.69, 9.17) is 0 Å². The average Bonchev–Trinajstić information content (AvgIpc) is 2.74. The third-order valence-corrected chi connectivity index (χ3v) is 3.99. The van der Waals surface area contributed by atoms with Gasteiger partial charge in [-0.1, -0.05) is 19.8 Å². The zero-order valence-electron chi connectivity index (χ0n) is 10.5. The molecular formula is C11H16F3N3OS. The minimum atomic E-state index is -4.52. The summed E-state index contributed by atoms with van der Waals surface area (Å²) in [4.78, 5) is 3.38. The summed E-state index contributed by atoms with van der Waals surface area (Å²) in [6.45, 7) is 2.28. The zero-order valence-corrected chi connectivity index (χ0v) is 11.3. The van der Waals surface area contributed by atoms with Gasteiger partial charge < -0.3 is 10.4 Å². The molecule has 2 unspecified atom stereocenters. The lowest BCUT2D eigenvalue weighted by Crippen LogP contribution is -2.41. The Bertz CT molecular complexity index is 437. The number of anilines is 1. The summed E-state index contributed by atoms with van der Waals surface area (Å²) in [5, 5.41) is 13.2. The Balaban J connectivity index is 1.93. The van der Waals surface area contributed by atoms with Gasteiger partial charge in [0.25, 0.3) is 0 Å². The van der Waals surface area contributed by atoms with Crippen LogP contribution in [0.25, 0.3) is 0 Å². The molecule has 0 aliphatic heterocycles. The predicted octanol–water partition coefficient (Wildman–Crippen LogP) is 2.91. The number of halogens is 3. The van der Waals surface area contributed by atoms with E-state index in [-0.39, 0.29) is 11.7 Å². The summed E-state index contributed by atoms with van der Waals surface area (Å²) in [6.07, 6.45) is -1.19. The van der Waals surface area contributed by atoms with Gasteiger partial charge in [-0.15, -0.1) is 0 Å². The summed E-state index contributed by atoms with van der Waals surface area (Å²) < 4.78 is 40.2. The van der Waals surface area contributed by atoms with E-state index < -0.39 is 17.6 Å². The predicted molar refractivity (Wildman–Crippen MR) is 66.0 cm³/mol. The van der Waals surface area contributed by atoms with Crippen LogP contribution in [0, 0.1) is 5.92 Å². The van der Waals surface area contributed by atoms with Crippen LogP contribution in [0.1, 0.15) is 38.4 Å². The highest BCUT2D eigenvalue weighted by Crippen LogP contribution is 2.33. The van der Waals surface area contributed by atoms with Crippen molar-refractivity contribution >= 4 is 16.7 Å². The summed E-state index contributed by atoms with van der Waals surface area (Å²) in [7, 11) is 0. The van der Waals surface area contributed by atoms with E-state index in [0.29, 0.717) is 30.3 Å². The molecule has 1 saturated carbocycles. The van der Waals surface area contributed by atoms with Crippen LogP contribution in [-0.2, 0) is 6.18 Å². The van der Waals surface area contributed by atoms with Crippen molar-refractivity contribution in [2.45, 2.75) is 44.4 Å². The maximum atomic E-state index is 12.3. The molecule has 1 aliphatic rings. The first-order chi connectivity index (χ1) is 8.78. The SMILES string of the molecule is CC1CCCC(O)(CNc2nc(C(F)(F)F)ns2)C1. The normalized spacial score (nSPS) is 28.4. The monoisotopic (exact) mass is 295 g/mol. The topological polar surface area (TPSA) is 58.0 Å². The average molecular weight is 295 g/mol. The molecule has 1 aromatic rings. The Morgan fingerprint density at radius 3 is 2.84 bits per heavy atom. The van der Waals surface area contributed by atoms with Crippen LogP contribution in [0.3, 0.4) is 0 Å². The molecule has 0 spiro atoms. The maximum Gasteiger partial charge on any atom is 0.452 e. The van der Waals surface area contributed by atoms with Crippen molar-refractivity contribution in [3.63, 3.8) is 0 Å². The Hall–Kier alpha value is -0.890. The van der Waals surface area contributed by atoms with Gasteiger partial charge in [0.2, 0.25) is 11.0 Å². The van der Waals surface area contributed by atoms with Gasteiger partial charge in [0.1, 0.15) is 0 Å². The van der Waals surface area contributed by atoms with Gasteiger partial charge in [-0.2, -0.15) is 22.5 Å². The van der Waals surface area contributed by atoms with Gasteiger partial charge in [0.05, 0.1) is 5.60 Å². The largest absolute Gasteiger partial charge is 0.452 e. The first kappa shape index (κ1) is 14.5. The van der Waals surface area contributed by atoms with Gasteiger partial charge in [0, 0.05) is 18.1 Å². The van der Waals surface area contributed by atoms with E-state index in [0.717, 1.165) is 12.8 Å². The minimum Gasteiger partial charge on any atom is -0.388 e. The van der Waals surface area contributed by atoms with Crippen LogP contribution in [-0.4, -0.2) is 26.6 Å². The Kier molecular flexibility index (Phi) is 4.00. The number of aromatic nitrogens is 2. The van der Waals surface area contributed by atoms with Crippen LogP contribution in [0.5, 0.6) is 0 Å². The van der Waals surface area contributed by atoms with Gasteiger partial charge in [-0.3, -0.25) is 0 Å². The van der Waals surface area contributed by atoms with Gasteiger partial charge >= 0.3 is 6.18 Å². The Labute approximate surface area is 113 Å². The highest BCUT2D eigenvalue weighted by Gasteiger charge is 2.37. The summed E-state index contributed by atoms with van der Waals surface area (Å²) in [5.41, 5.74) is -0.859. The molecule has 1 aliphatic carbocycles. The molecule has 0 aromatic carbocycles. The van der Waals surface area contributed by atoms with Gasteiger partial charge in [-0.05, 0) is 18.8 Å². The van der Waals surface area contributed by atoms with Crippen LogP contribution in [0.4, 0.5) is 18.3 Å². The quantitative estimate of drug-likeness (QED) is 0.900. The smallest absolute Gasteiger partial charge is 0.388 e. The second kappa shape index (κ2) is 5.24. The first-order valence-electron chi connectivity index (χ1n) is 6.16. The fourth-order valence-electron chi connectivity index (χ4n) is 2.44. The van der Waals surface area contributed by atoms with Crippen molar-refractivity contribution in [3.05, 3.63) is 5.82 Å². The van der Waals surface area contributed by atoms with Crippen LogP contribution < -0.4 is 5.32 Å². The van der Waals surface area contributed by atoms with E-state index in [9.17, 15) is 18.3 Å². The van der Waals surface area contributed by atoms with E-state index in [1.807, 2.05) is 0 Å². The molecule has 1 heterocycles. The fraction of sp³-hybridized carbons (Fsp3) is 0.818. The third kappa shape index (κ3) is 3.79. The molecular weight excluding hydrogens is 279 g/mol. The zero-order chi connectivity index (χ0) is 14.1. The molecule has 0 saturated heterocycles. The minimum absolute atomic E-state index is 0.0963. The molecule has 108 valence electrons. The number of alkyl halides is 3. The molecule has 19 heavy (non-hydrogen) atoms. The van der Waals surface area contributed by atoms with Crippen LogP contribution in [0.15, 0.2) is 0 Å². The van der Waals surface area contributed by atoms with Crippen molar-refractivity contribution in [3.8, 4) is 0 Å². The summed E-state index contributed by atoms with van der Waals surface area (Å²) in [6, 6.07) is 0. The maximum absolute atomic E-state index is 12.3. The molecule has 2 N–H and O–H groups in total. The highest BCUT2D eigenvalue weighted by molar-refractivity contribution is 7.09. The summed E-state index contributed by atoms with van der Waals surface area (Å²) in [5.74, 6) is -0.704. The number of nitrogens with one attached hydrogen (secondary N) is 1. The number of hydrogen-bond donors (Lipinski definition) is 2. The molecule has 0 radical (unpaired) electrons. The third-order valence-electron chi connectivity index (χ3n) is 3.32. The van der Waals surface area contributed by atoms with Crippen molar-refractivity contribution in [1.29, 1.82) is 0 Å². The fourth-order valence-corrected chi connectivity index (χ4v) is 3.02. The molecule has 8 heteroatoms. The highest BCUT2D eigenvalue weighted by atomic mass is 32.1. The second-order valence-electron chi connectivity index (χ2n) is 5.20. The molecule has 1 aromatic heterocycles. The lowest BCUT2D eigenvalue weighted by Gasteiger charge is -2.35. The molecule has 4 nitrogen and oxygen atoms in total. The van der Waals surface area contributed by atoms with Crippen molar-refractivity contribution < 1.29 is 18.3 Å². The lowest BCUT2D eigenvalue weighted by atomic mass is 9.79. The standard InChI is InChI=1S/C11H16F3N3OS/c1-7-3-2-4-10(18,5-7)6-15-9-16-8(17-19-9)11(12,13)14/h7,18H,2-6H2,1H3,(H,15,16,17). The molecule has 0 bridgehead atoms. The van der Waals surface area contributed by atoms with E-state index >= 15 is 0 Å².